The molecule has 0 saturated carbocycles. The Labute approximate surface area is 76.4 Å². The zero-order valence-corrected chi connectivity index (χ0v) is 8.68. The van der Waals surface area contributed by atoms with Crippen molar-refractivity contribution in [2.75, 3.05) is 6.61 Å². The molecule has 1 atom stereocenters. The maximum atomic E-state index is 4.95. The fourth-order valence-corrected chi connectivity index (χ4v) is 1.29. The molecule has 0 rings (SSSR count). The number of nitrogens with two attached hydrogens (primary N) is 1. The normalized spacial score (nSPS) is 13.8. The van der Waals surface area contributed by atoms with Crippen LogP contribution >= 0.6 is 0 Å². The molecule has 2 heteroatoms. The third kappa shape index (κ3) is 8.02. The van der Waals surface area contributed by atoms with E-state index in [2.05, 4.69) is 25.6 Å². The second kappa shape index (κ2) is 7.56. The summed E-state index contributed by atoms with van der Waals surface area (Å²) in [6.07, 6.45) is 5.08. The fraction of sp³-hybridized carbons (Fsp3) is 1.00. The van der Waals surface area contributed by atoms with E-state index in [4.69, 9.17) is 5.90 Å². The summed E-state index contributed by atoms with van der Waals surface area (Å²) in [5.41, 5.74) is 0. The molecule has 0 aromatic carbocycles. The van der Waals surface area contributed by atoms with Crippen molar-refractivity contribution in [3.63, 3.8) is 0 Å². The molecule has 0 fully saturated rings. The van der Waals surface area contributed by atoms with Crippen molar-refractivity contribution in [3.05, 3.63) is 0 Å². The lowest BCUT2D eigenvalue weighted by Crippen LogP contribution is -2.06. The van der Waals surface area contributed by atoms with Crippen molar-refractivity contribution in [2.45, 2.75) is 46.5 Å². The predicted molar refractivity (Wildman–Crippen MR) is 52.6 cm³/mol. The lowest BCUT2D eigenvalue weighted by molar-refractivity contribution is 0.123. The molecule has 74 valence electrons. The van der Waals surface area contributed by atoms with Gasteiger partial charge in [-0.05, 0) is 18.3 Å². The van der Waals surface area contributed by atoms with Crippen LogP contribution in [0.4, 0.5) is 0 Å². The van der Waals surface area contributed by atoms with E-state index in [9.17, 15) is 0 Å². The van der Waals surface area contributed by atoms with Gasteiger partial charge in [-0.1, -0.05) is 40.0 Å². The predicted octanol–water partition coefficient (Wildman–Crippen LogP) is 2.73. The van der Waals surface area contributed by atoms with Crippen molar-refractivity contribution in [1.29, 1.82) is 0 Å². The summed E-state index contributed by atoms with van der Waals surface area (Å²) in [6.45, 7) is 7.50. The van der Waals surface area contributed by atoms with Crippen molar-refractivity contribution in [2.24, 2.45) is 17.7 Å². The molecule has 0 aliphatic heterocycles. The SMILES string of the molecule is CC(C)CCCC(C)CCON. The van der Waals surface area contributed by atoms with Gasteiger partial charge in [-0.3, -0.25) is 0 Å². The second-order valence-electron chi connectivity index (χ2n) is 4.09. The monoisotopic (exact) mass is 173 g/mol. The van der Waals surface area contributed by atoms with Gasteiger partial charge >= 0.3 is 0 Å². The van der Waals surface area contributed by atoms with Gasteiger partial charge in [-0.2, -0.15) is 0 Å². The fourth-order valence-electron chi connectivity index (χ4n) is 1.29. The molecular formula is C10H23NO. The van der Waals surface area contributed by atoms with Gasteiger partial charge in [0.15, 0.2) is 0 Å². The Bertz CT molecular complexity index is 93.8. The van der Waals surface area contributed by atoms with Gasteiger partial charge in [0.05, 0.1) is 6.61 Å². The van der Waals surface area contributed by atoms with Gasteiger partial charge in [-0.25, -0.2) is 5.90 Å². The third-order valence-corrected chi connectivity index (χ3v) is 2.21. The highest BCUT2D eigenvalue weighted by Crippen LogP contribution is 2.14. The van der Waals surface area contributed by atoms with E-state index in [1.165, 1.54) is 19.3 Å². The highest BCUT2D eigenvalue weighted by Gasteiger charge is 2.02. The first-order chi connectivity index (χ1) is 5.66. The average Bonchev–Trinajstić information content (AvgIpc) is 2.00. The molecule has 0 amide bonds. The molecule has 0 radical (unpaired) electrons. The molecule has 0 aliphatic carbocycles. The highest BCUT2D eigenvalue weighted by molar-refractivity contribution is 4.54. The zero-order chi connectivity index (χ0) is 9.40. The van der Waals surface area contributed by atoms with E-state index in [0.717, 1.165) is 18.3 Å². The largest absolute Gasteiger partial charge is 0.305 e. The molecule has 0 aromatic rings. The summed E-state index contributed by atoms with van der Waals surface area (Å²) in [4.78, 5) is 4.54. The molecule has 2 nitrogen and oxygen atoms in total. The van der Waals surface area contributed by atoms with E-state index in [-0.39, 0.29) is 0 Å². The number of hydrogen-bond donors (Lipinski definition) is 1. The van der Waals surface area contributed by atoms with Crippen LogP contribution < -0.4 is 5.90 Å². The third-order valence-electron chi connectivity index (χ3n) is 2.21. The van der Waals surface area contributed by atoms with Crippen molar-refractivity contribution < 1.29 is 4.84 Å². The second-order valence-corrected chi connectivity index (χ2v) is 4.09. The summed E-state index contributed by atoms with van der Waals surface area (Å²) >= 11 is 0. The summed E-state index contributed by atoms with van der Waals surface area (Å²) in [7, 11) is 0. The Kier molecular flexibility index (Phi) is 7.51. The molecule has 12 heavy (non-hydrogen) atoms. The summed E-state index contributed by atoms with van der Waals surface area (Å²) in [5.74, 6) is 6.55. The molecule has 0 heterocycles. The zero-order valence-electron chi connectivity index (χ0n) is 8.68. The van der Waals surface area contributed by atoms with Gasteiger partial charge in [0.2, 0.25) is 0 Å². The minimum absolute atomic E-state index is 0.697. The standard InChI is InChI=1S/C10H23NO/c1-9(2)5-4-6-10(3)7-8-12-11/h9-10H,4-8,11H2,1-3H3. The maximum absolute atomic E-state index is 4.95. The molecule has 2 N–H and O–H groups in total. The maximum Gasteiger partial charge on any atom is 0.0681 e. The Morgan fingerprint density at radius 1 is 1.08 bits per heavy atom. The van der Waals surface area contributed by atoms with Crippen LogP contribution in [-0.2, 0) is 4.84 Å². The van der Waals surface area contributed by atoms with E-state index in [1.807, 2.05) is 0 Å². The number of hydrogen-bond acceptors (Lipinski definition) is 2. The summed E-state index contributed by atoms with van der Waals surface area (Å²) in [5, 5.41) is 0. The molecule has 1 unspecified atom stereocenters. The van der Waals surface area contributed by atoms with Gasteiger partial charge in [0.1, 0.15) is 0 Å². The quantitative estimate of drug-likeness (QED) is 0.601. The lowest BCUT2D eigenvalue weighted by Gasteiger charge is -2.10. The minimum Gasteiger partial charge on any atom is -0.305 e. The van der Waals surface area contributed by atoms with E-state index < -0.39 is 0 Å². The lowest BCUT2D eigenvalue weighted by atomic mass is 9.98. The molecular weight excluding hydrogens is 150 g/mol. The van der Waals surface area contributed by atoms with E-state index in [0.29, 0.717) is 6.61 Å². The highest BCUT2D eigenvalue weighted by atomic mass is 16.6. The van der Waals surface area contributed by atoms with Crippen LogP contribution in [0.3, 0.4) is 0 Å². The Morgan fingerprint density at radius 2 is 1.75 bits per heavy atom. The molecule has 0 bridgehead atoms. The van der Waals surface area contributed by atoms with Crippen LogP contribution in [0.1, 0.15) is 46.5 Å². The average molecular weight is 173 g/mol. The topological polar surface area (TPSA) is 35.2 Å². The first kappa shape index (κ1) is 11.9. The van der Waals surface area contributed by atoms with Crippen LogP contribution in [0.25, 0.3) is 0 Å². The van der Waals surface area contributed by atoms with Crippen LogP contribution in [0.2, 0.25) is 0 Å². The van der Waals surface area contributed by atoms with Crippen LogP contribution in [0.5, 0.6) is 0 Å². The van der Waals surface area contributed by atoms with Crippen LogP contribution in [-0.4, -0.2) is 6.61 Å². The van der Waals surface area contributed by atoms with Gasteiger partial charge in [0.25, 0.3) is 0 Å². The van der Waals surface area contributed by atoms with Gasteiger partial charge in [-0.15, -0.1) is 0 Å². The Balaban J connectivity index is 3.13. The van der Waals surface area contributed by atoms with E-state index in [1.54, 1.807) is 0 Å². The molecule has 0 saturated heterocycles. The number of rotatable bonds is 7. The summed E-state index contributed by atoms with van der Waals surface area (Å²) in [6, 6.07) is 0. The first-order valence-electron chi connectivity index (χ1n) is 4.98. The van der Waals surface area contributed by atoms with Gasteiger partial charge < -0.3 is 4.84 Å². The smallest absolute Gasteiger partial charge is 0.0681 e. The molecule has 0 aromatic heterocycles. The molecule has 0 aliphatic rings. The van der Waals surface area contributed by atoms with Crippen LogP contribution in [0.15, 0.2) is 0 Å². The van der Waals surface area contributed by atoms with Crippen molar-refractivity contribution in [1.82, 2.24) is 0 Å². The first-order valence-corrected chi connectivity index (χ1v) is 4.98. The summed E-state index contributed by atoms with van der Waals surface area (Å²) < 4.78 is 0. The van der Waals surface area contributed by atoms with Crippen molar-refractivity contribution in [3.8, 4) is 0 Å². The Morgan fingerprint density at radius 3 is 2.25 bits per heavy atom. The van der Waals surface area contributed by atoms with Crippen molar-refractivity contribution >= 4 is 0 Å². The van der Waals surface area contributed by atoms with Crippen LogP contribution in [0, 0.1) is 11.8 Å². The Hall–Kier alpha value is -0.0800. The van der Waals surface area contributed by atoms with Gasteiger partial charge in [0, 0.05) is 0 Å². The minimum atomic E-state index is 0.697. The van der Waals surface area contributed by atoms with E-state index >= 15 is 0 Å². The molecule has 0 spiro atoms.